The molecule has 0 aliphatic carbocycles. The minimum atomic E-state index is 0.893. The average molecular weight is 713 g/mol. The van der Waals surface area contributed by atoms with E-state index >= 15 is 0 Å². The van der Waals surface area contributed by atoms with Gasteiger partial charge in [-0.05, 0) is 95.5 Å². The molecule has 0 N–H and O–H groups in total. The SMILES string of the molecule is c1cc(-c2cccc3ccccc23)c(-c2c3ccccc3c(-c3ccc4oc5ccccc5c4c3)c3ccccc23)c(-c2cccc3c2oc2ccccc23)c1. The molecule has 56 heavy (non-hydrogen) atoms. The second kappa shape index (κ2) is 12.0. The topological polar surface area (TPSA) is 26.3 Å². The summed E-state index contributed by atoms with van der Waals surface area (Å²) in [7, 11) is 0. The second-order valence-corrected chi connectivity index (χ2v) is 14.7. The maximum absolute atomic E-state index is 6.75. The van der Waals surface area contributed by atoms with Crippen molar-refractivity contribution in [3.8, 4) is 44.5 Å². The van der Waals surface area contributed by atoms with Gasteiger partial charge in [-0.2, -0.15) is 0 Å². The molecule has 0 bridgehead atoms. The standard InChI is InChI=1S/C54H32O2/c1-2-16-35-33(14-1)15-11-23-36(35)39-24-12-25-44(46-27-13-26-45-37-17-7-10-29-49(37)56-54(45)46)52(39)53-42-21-5-3-19-40(42)51(41-20-4-6-22-43(41)53)34-30-31-50-47(32-34)38-18-8-9-28-48(38)55-50/h1-32H. The van der Waals surface area contributed by atoms with E-state index in [0.29, 0.717) is 0 Å². The highest BCUT2D eigenvalue weighted by atomic mass is 16.3. The summed E-state index contributed by atoms with van der Waals surface area (Å²) in [5, 5.41) is 11.7. The van der Waals surface area contributed by atoms with E-state index in [1.165, 1.54) is 60.1 Å². The molecule has 2 aromatic heterocycles. The fourth-order valence-corrected chi connectivity index (χ4v) is 9.28. The summed E-state index contributed by atoms with van der Waals surface area (Å²) in [4.78, 5) is 0. The maximum atomic E-state index is 6.75. The molecule has 2 heteroatoms. The average Bonchev–Trinajstić information content (AvgIpc) is 3.83. The number of hydrogen-bond acceptors (Lipinski definition) is 2. The molecule has 2 heterocycles. The number of hydrogen-bond donors (Lipinski definition) is 0. The number of benzene rings is 10. The second-order valence-electron chi connectivity index (χ2n) is 14.7. The van der Waals surface area contributed by atoms with Gasteiger partial charge >= 0.3 is 0 Å². The van der Waals surface area contributed by atoms with Gasteiger partial charge in [0.2, 0.25) is 0 Å². The summed E-state index contributed by atoms with van der Waals surface area (Å²) in [6.07, 6.45) is 0. The molecule has 12 aromatic rings. The molecular weight excluding hydrogens is 681 g/mol. The Morgan fingerprint density at radius 2 is 0.714 bits per heavy atom. The number of fused-ring (bicyclic) bond motifs is 9. The van der Waals surface area contributed by atoms with E-state index in [1.54, 1.807) is 0 Å². The van der Waals surface area contributed by atoms with Crippen LogP contribution in [-0.2, 0) is 0 Å². The van der Waals surface area contributed by atoms with Crippen LogP contribution in [0, 0.1) is 0 Å². The largest absolute Gasteiger partial charge is 0.456 e. The van der Waals surface area contributed by atoms with Gasteiger partial charge in [-0.1, -0.05) is 170 Å². The molecule has 0 radical (unpaired) electrons. The summed E-state index contributed by atoms with van der Waals surface area (Å²) in [5.74, 6) is 0. The van der Waals surface area contributed by atoms with Crippen LogP contribution in [0.4, 0.5) is 0 Å². The zero-order valence-electron chi connectivity index (χ0n) is 30.3. The molecule has 0 fully saturated rings. The van der Waals surface area contributed by atoms with Crippen LogP contribution in [0.15, 0.2) is 203 Å². The predicted molar refractivity (Wildman–Crippen MR) is 235 cm³/mol. The molecule has 0 amide bonds. The third kappa shape index (κ3) is 4.50. The Bertz CT molecular complexity index is 3480. The molecule has 0 atom stereocenters. The first-order chi connectivity index (χ1) is 27.8. The molecule has 2 nitrogen and oxygen atoms in total. The predicted octanol–water partition coefficient (Wildman–Crippen LogP) is 15.6. The molecule has 0 saturated heterocycles. The van der Waals surface area contributed by atoms with Gasteiger partial charge in [-0.15, -0.1) is 0 Å². The van der Waals surface area contributed by atoms with Crippen molar-refractivity contribution in [3.63, 3.8) is 0 Å². The lowest BCUT2D eigenvalue weighted by Gasteiger charge is -2.23. The molecule has 12 rings (SSSR count). The van der Waals surface area contributed by atoms with Crippen LogP contribution in [0.5, 0.6) is 0 Å². The lowest BCUT2D eigenvalue weighted by atomic mass is 9.80. The van der Waals surface area contributed by atoms with Crippen LogP contribution in [0.3, 0.4) is 0 Å². The van der Waals surface area contributed by atoms with Crippen LogP contribution >= 0.6 is 0 Å². The smallest absolute Gasteiger partial charge is 0.143 e. The fourth-order valence-electron chi connectivity index (χ4n) is 9.28. The van der Waals surface area contributed by atoms with E-state index in [2.05, 4.69) is 176 Å². The highest BCUT2D eigenvalue weighted by Gasteiger charge is 2.24. The van der Waals surface area contributed by atoms with Gasteiger partial charge in [0, 0.05) is 27.1 Å². The Hall–Kier alpha value is -7.42. The van der Waals surface area contributed by atoms with Crippen molar-refractivity contribution in [2.45, 2.75) is 0 Å². The summed E-state index contributed by atoms with van der Waals surface area (Å²) >= 11 is 0. The fraction of sp³-hybridized carbons (Fsp3) is 0. The van der Waals surface area contributed by atoms with Gasteiger partial charge in [0.1, 0.15) is 22.3 Å². The monoisotopic (exact) mass is 712 g/mol. The first-order valence-corrected chi connectivity index (χ1v) is 19.2. The van der Waals surface area contributed by atoms with Crippen molar-refractivity contribution in [2.75, 3.05) is 0 Å². The van der Waals surface area contributed by atoms with Crippen molar-refractivity contribution in [2.24, 2.45) is 0 Å². The summed E-state index contributed by atoms with van der Waals surface area (Å²) < 4.78 is 13.0. The third-order valence-electron chi connectivity index (χ3n) is 11.7. The lowest BCUT2D eigenvalue weighted by Crippen LogP contribution is -1.96. The van der Waals surface area contributed by atoms with Crippen LogP contribution in [0.25, 0.3) is 121 Å². The van der Waals surface area contributed by atoms with E-state index in [4.69, 9.17) is 8.83 Å². The van der Waals surface area contributed by atoms with Crippen LogP contribution in [-0.4, -0.2) is 0 Å². The molecule has 10 aromatic carbocycles. The molecule has 0 aliphatic rings. The summed E-state index contributed by atoms with van der Waals surface area (Å²) in [5.41, 5.74) is 13.0. The maximum Gasteiger partial charge on any atom is 0.143 e. The molecule has 0 saturated carbocycles. The van der Waals surface area contributed by atoms with Crippen molar-refractivity contribution < 1.29 is 8.83 Å². The zero-order valence-corrected chi connectivity index (χ0v) is 30.3. The zero-order chi connectivity index (χ0) is 36.7. The van der Waals surface area contributed by atoms with Gasteiger partial charge in [0.05, 0.1) is 0 Å². The Morgan fingerprint density at radius 1 is 0.250 bits per heavy atom. The first kappa shape index (κ1) is 31.0. The van der Waals surface area contributed by atoms with Crippen LogP contribution in [0.2, 0.25) is 0 Å². The number of furan rings is 2. The van der Waals surface area contributed by atoms with Gasteiger partial charge in [0.15, 0.2) is 0 Å². The van der Waals surface area contributed by atoms with Gasteiger partial charge in [-0.25, -0.2) is 0 Å². The third-order valence-corrected chi connectivity index (χ3v) is 11.7. The summed E-state index contributed by atoms with van der Waals surface area (Å²) in [6.45, 7) is 0. The van der Waals surface area contributed by atoms with E-state index < -0.39 is 0 Å². The van der Waals surface area contributed by atoms with Crippen LogP contribution < -0.4 is 0 Å². The Kier molecular flexibility index (Phi) is 6.66. The van der Waals surface area contributed by atoms with E-state index in [0.717, 1.165) is 60.6 Å². The normalized spacial score (nSPS) is 11.9. The highest BCUT2D eigenvalue weighted by molar-refractivity contribution is 6.25. The molecule has 260 valence electrons. The minimum absolute atomic E-state index is 0.893. The Balaban J connectivity index is 1.24. The first-order valence-electron chi connectivity index (χ1n) is 19.2. The van der Waals surface area contributed by atoms with E-state index in [1.807, 2.05) is 18.2 Å². The van der Waals surface area contributed by atoms with Gasteiger partial charge < -0.3 is 8.83 Å². The lowest BCUT2D eigenvalue weighted by molar-refractivity contribution is 0.669. The number of rotatable bonds is 4. The van der Waals surface area contributed by atoms with Crippen molar-refractivity contribution in [1.82, 2.24) is 0 Å². The molecule has 0 unspecified atom stereocenters. The highest BCUT2D eigenvalue weighted by Crippen LogP contribution is 2.51. The minimum Gasteiger partial charge on any atom is -0.456 e. The molecule has 0 aliphatic heterocycles. The summed E-state index contributed by atoms with van der Waals surface area (Å²) in [6, 6.07) is 69.9. The van der Waals surface area contributed by atoms with Crippen molar-refractivity contribution in [1.29, 1.82) is 0 Å². The molecular formula is C54H32O2. The quantitative estimate of drug-likeness (QED) is 0.170. The van der Waals surface area contributed by atoms with Crippen molar-refractivity contribution >= 4 is 76.2 Å². The molecule has 0 spiro atoms. The van der Waals surface area contributed by atoms with Gasteiger partial charge in [-0.3, -0.25) is 0 Å². The van der Waals surface area contributed by atoms with Crippen molar-refractivity contribution in [3.05, 3.63) is 194 Å². The van der Waals surface area contributed by atoms with Crippen LogP contribution in [0.1, 0.15) is 0 Å². The number of para-hydroxylation sites is 3. The van der Waals surface area contributed by atoms with E-state index in [-0.39, 0.29) is 0 Å². The van der Waals surface area contributed by atoms with E-state index in [9.17, 15) is 0 Å². The van der Waals surface area contributed by atoms with Gasteiger partial charge in [0.25, 0.3) is 0 Å². The Morgan fingerprint density at radius 3 is 1.45 bits per heavy atom. The Labute approximate surface area is 322 Å².